The summed E-state index contributed by atoms with van der Waals surface area (Å²) in [4.78, 5) is 18.9. The van der Waals surface area contributed by atoms with Crippen LogP contribution in [0.15, 0.2) is 60.7 Å². The van der Waals surface area contributed by atoms with E-state index < -0.39 is 0 Å². The molecule has 2 aliphatic rings. The largest absolute Gasteiger partial charge is 0.333 e. The second-order valence-corrected chi connectivity index (χ2v) is 8.54. The highest BCUT2D eigenvalue weighted by atomic mass is 32.2. The van der Waals surface area contributed by atoms with Gasteiger partial charge in [0.05, 0.1) is 17.7 Å². The minimum atomic E-state index is 0.309. The van der Waals surface area contributed by atoms with Crippen molar-refractivity contribution >= 4 is 17.7 Å². The summed E-state index contributed by atoms with van der Waals surface area (Å²) in [7, 11) is 0. The number of rotatable bonds is 7. The molecule has 0 atom stereocenters. The highest BCUT2D eigenvalue weighted by Crippen LogP contribution is 2.29. The molecule has 28 heavy (non-hydrogen) atoms. The van der Waals surface area contributed by atoms with E-state index in [1.54, 1.807) is 11.8 Å². The zero-order chi connectivity index (χ0) is 19.2. The third-order valence-electron chi connectivity index (χ3n) is 5.73. The van der Waals surface area contributed by atoms with Gasteiger partial charge in [0.1, 0.15) is 0 Å². The summed E-state index contributed by atoms with van der Waals surface area (Å²) in [6.45, 7) is 6.34. The number of nitrogens with zero attached hydrogens (tertiary/aromatic N) is 3. The number of carbonyl (C=O) groups excluding carboxylic acids is 1. The van der Waals surface area contributed by atoms with Crippen molar-refractivity contribution in [1.82, 2.24) is 14.7 Å². The fraction of sp³-hybridized carbons (Fsp3) is 0.435. The summed E-state index contributed by atoms with van der Waals surface area (Å²) < 4.78 is 0. The van der Waals surface area contributed by atoms with Crippen LogP contribution in [0.25, 0.3) is 0 Å². The van der Waals surface area contributed by atoms with E-state index in [2.05, 4.69) is 70.5 Å². The lowest BCUT2D eigenvalue weighted by Gasteiger charge is -2.40. The van der Waals surface area contributed by atoms with Crippen molar-refractivity contribution in [2.75, 3.05) is 50.9 Å². The normalized spacial score (nSPS) is 18.9. The lowest BCUT2D eigenvalue weighted by Crippen LogP contribution is -2.48. The van der Waals surface area contributed by atoms with Gasteiger partial charge in [0.15, 0.2) is 0 Å². The van der Waals surface area contributed by atoms with Gasteiger partial charge in [-0.2, -0.15) is 0 Å². The third-order valence-corrected chi connectivity index (χ3v) is 6.68. The van der Waals surface area contributed by atoms with Crippen LogP contribution in [0.1, 0.15) is 23.6 Å². The van der Waals surface area contributed by atoms with Gasteiger partial charge in [-0.05, 0) is 24.1 Å². The average Bonchev–Trinajstić information content (AvgIpc) is 3.16. The van der Waals surface area contributed by atoms with E-state index in [1.807, 2.05) is 4.90 Å². The van der Waals surface area contributed by atoms with Gasteiger partial charge in [-0.15, -0.1) is 11.8 Å². The van der Waals surface area contributed by atoms with Crippen LogP contribution in [0.5, 0.6) is 0 Å². The molecule has 1 amide bonds. The predicted molar refractivity (Wildman–Crippen MR) is 116 cm³/mol. The molecule has 0 saturated carbocycles. The second kappa shape index (κ2) is 9.59. The van der Waals surface area contributed by atoms with Crippen molar-refractivity contribution in [1.29, 1.82) is 0 Å². The number of carbonyl (C=O) groups is 1. The van der Waals surface area contributed by atoms with Crippen LogP contribution in [0.2, 0.25) is 0 Å². The van der Waals surface area contributed by atoms with E-state index in [4.69, 9.17) is 0 Å². The summed E-state index contributed by atoms with van der Waals surface area (Å²) in [5.74, 6) is 1.85. The summed E-state index contributed by atoms with van der Waals surface area (Å²) in [5, 5.41) is 0. The lowest BCUT2D eigenvalue weighted by atomic mass is 9.96. The highest BCUT2D eigenvalue weighted by Gasteiger charge is 2.26. The first-order valence-electron chi connectivity index (χ1n) is 10.2. The molecule has 0 aliphatic carbocycles. The van der Waals surface area contributed by atoms with E-state index in [-0.39, 0.29) is 0 Å². The van der Waals surface area contributed by atoms with Crippen molar-refractivity contribution in [3.05, 3.63) is 71.8 Å². The topological polar surface area (TPSA) is 26.8 Å². The Morgan fingerprint density at radius 3 is 1.96 bits per heavy atom. The number of hydrogen-bond donors (Lipinski definition) is 0. The Morgan fingerprint density at radius 1 is 0.821 bits per heavy atom. The molecule has 0 N–H and O–H groups in total. The third kappa shape index (κ3) is 4.77. The van der Waals surface area contributed by atoms with Gasteiger partial charge >= 0.3 is 0 Å². The van der Waals surface area contributed by atoms with E-state index in [0.29, 0.717) is 17.7 Å². The van der Waals surface area contributed by atoms with E-state index in [1.165, 1.54) is 11.1 Å². The van der Waals surface area contributed by atoms with Crippen LogP contribution in [0.3, 0.4) is 0 Å². The summed E-state index contributed by atoms with van der Waals surface area (Å²) in [6.07, 6.45) is 1.08. The molecule has 148 valence electrons. The molecule has 2 fully saturated rings. The first-order valence-corrected chi connectivity index (χ1v) is 11.4. The van der Waals surface area contributed by atoms with Crippen LogP contribution in [-0.4, -0.2) is 71.5 Å². The molecule has 4 rings (SSSR count). The van der Waals surface area contributed by atoms with Gasteiger partial charge in [-0.25, -0.2) is 0 Å². The minimum Gasteiger partial charge on any atom is -0.333 e. The standard InChI is InChI=1S/C23H29N3OS/c27-22-18-28-19-26(22)13-7-12-24-14-16-25(17-15-24)23(20-8-3-1-4-9-20)21-10-5-2-6-11-21/h1-6,8-11,23H,7,12-19H2. The van der Waals surface area contributed by atoms with Crippen molar-refractivity contribution in [2.45, 2.75) is 12.5 Å². The van der Waals surface area contributed by atoms with Crippen LogP contribution >= 0.6 is 11.8 Å². The van der Waals surface area contributed by atoms with Gasteiger partial charge in [0.2, 0.25) is 5.91 Å². The van der Waals surface area contributed by atoms with E-state index >= 15 is 0 Å². The maximum atomic E-state index is 11.7. The van der Waals surface area contributed by atoms with Crippen molar-refractivity contribution in [2.24, 2.45) is 0 Å². The van der Waals surface area contributed by atoms with Gasteiger partial charge in [-0.3, -0.25) is 9.69 Å². The Bertz CT molecular complexity index is 707. The zero-order valence-corrected chi connectivity index (χ0v) is 17.2. The molecule has 2 heterocycles. The minimum absolute atomic E-state index is 0.309. The number of hydrogen-bond acceptors (Lipinski definition) is 4. The van der Waals surface area contributed by atoms with Crippen LogP contribution in [0, 0.1) is 0 Å². The zero-order valence-electron chi connectivity index (χ0n) is 16.4. The first kappa shape index (κ1) is 19.5. The first-order chi connectivity index (χ1) is 13.8. The summed E-state index contributed by atoms with van der Waals surface area (Å²) in [5.41, 5.74) is 2.74. The Balaban J connectivity index is 1.33. The number of piperazine rings is 1. The SMILES string of the molecule is O=C1CSCN1CCCN1CCN(C(c2ccccc2)c2ccccc2)CC1. The molecule has 2 saturated heterocycles. The molecule has 0 bridgehead atoms. The van der Waals surface area contributed by atoms with Gasteiger partial charge in [-0.1, -0.05) is 60.7 Å². The van der Waals surface area contributed by atoms with Crippen molar-refractivity contribution in [3.63, 3.8) is 0 Å². The Morgan fingerprint density at radius 2 is 1.43 bits per heavy atom. The summed E-state index contributed by atoms with van der Waals surface area (Å²) >= 11 is 1.73. The smallest absolute Gasteiger partial charge is 0.233 e. The second-order valence-electron chi connectivity index (χ2n) is 7.59. The molecular weight excluding hydrogens is 366 g/mol. The van der Waals surface area contributed by atoms with Gasteiger partial charge in [0.25, 0.3) is 0 Å². The molecule has 4 nitrogen and oxygen atoms in total. The molecular formula is C23H29N3OS. The van der Waals surface area contributed by atoms with Gasteiger partial charge in [0, 0.05) is 32.7 Å². The van der Waals surface area contributed by atoms with E-state index in [9.17, 15) is 4.79 Å². The summed E-state index contributed by atoms with van der Waals surface area (Å²) in [6, 6.07) is 22.0. The highest BCUT2D eigenvalue weighted by molar-refractivity contribution is 8.00. The fourth-order valence-corrected chi connectivity index (χ4v) is 5.15. The molecule has 0 aromatic heterocycles. The van der Waals surface area contributed by atoms with Crippen LogP contribution in [-0.2, 0) is 4.79 Å². The predicted octanol–water partition coefficient (Wildman–Crippen LogP) is 3.32. The lowest BCUT2D eigenvalue weighted by molar-refractivity contribution is -0.126. The number of amides is 1. The molecule has 0 unspecified atom stereocenters. The Labute approximate surface area is 172 Å². The Kier molecular flexibility index (Phi) is 6.68. The number of benzene rings is 2. The van der Waals surface area contributed by atoms with Crippen molar-refractivity contribution in [3.8, 4) is 0 Å². The van der Waals surface area contributed by atoms with E-state index in [0.717, 1.165) is 51.6 Å². The maximum absolute atomic E-state index is 11.7. The number of thioether (sulfide) groups is 1. The molecule has 2 aromatic carbocycles. The molecule has 2 aromatic rings. The van der Waals surface area contributed by atoms with Crippen LogP contribution < -0.4 is 0 Å². The van der Waals surface area contributed by atoms with Crippen LogP contribution in [0.4, 0.5) is 0 Å². The van der Waals surface area contributed by atoms with Crippen molar-refractivity contribution < 1.29 is 4.79 Å². The fourth-order valence-electron chi connectivity index (χ4n) is 4.21. The molecule has 0 radical (unpaired) electrons. The molecule has 0 spiro atoms. The quantitative estimate of drug-likeness (QED) is 0.719. The molecule has 5 heteroatoms. The maximum Gasteiger partial charge on any atom is 0.233 e. The Hall–Kier alpha value is -1.82. The average molecular weight is 396 g/mol. The van der Waals surface area contributed by atoms with Gasteiger partial charge < -0.3 is 9.80 Å². The molecule has 2 aliphatic heterocycles. The monoisotopic (exact) mass is 395 g/mol.